The SMILES string of the molecule is C/C=C(\c1ccccc1)S(=O)(=O)c1ccccc1. The molecule has 0 aliphatic carbocycles. The highest BCUT2D eigenvalue weighted by Gasteiger charge is 2.20. The van der Waals surface area contributed by atoms with E-state index < -0.39 is 9.84 Å². The Balaban J connectivity index is 2.54. The lowest BCUT2D eigenvalue weighted by atomic mass is 10.2. The molecule has 0 aromatic heterocycles. The summed E-state index contributed by atoms with van der Waals surface area (Å²) in [5.41, 5.74) is 0.712. The van der Waals surface area contributed by atoms with Gasteiger partial charge in [-0.3, -0.25) is 0 Å². The highest BCUT2D eigenvalue weighted by atomic mass is 32.2. The van der Waals surface area contributed by atoms with Gasteiger partial charge < -0.3 is 0 Å². The molecule has 0 aliphatic heterocycles. The fourth-order valence-corrected chi connectivity index (χ4v) is 3.33. The summed E-state index contributed by atoms with van der Waals surface area (Å²) >= 11 is 0. The van der Waals surface area contributed by atoms with E-state index >= 15 is 0 Å². The molecular weight excluding hydrogens is 244 g/mol. The van der Waals surface area contributed by atoms with Gasteiger partial charge >= 0.3 is 0 Å². The first-order chi connectivity index (χ1) is 8.66. The predicted octanol–water partition coefficient (Wildman–Crippen LogP) is 3.52. The maximum absolute atomic E-state index is 12.5. The first-order valence-electron chi connectivity index (χ1n) is 5.68. The number of sulfone groups is 1. The van der Waals surface area contributed by atoms with Gasteiger partial charge in [-0.25, -0.2) is 8.42 Å². The third-order valence-electron chi connectivity index (χ3n) is 2.66. The standard InChI is InChI=1S/C15H14O2S/c1-2-15(13-9-5-3-6-10-13)18(16,17)14-11-7-4-8-12-14/h2-12H,1H3/b15-2+. The predicted molar refractivity (Wildman–Crippen MR) is 73.7 cm³/mol. The quantitative estimate of drug-likeness (QED) is 0.844. The van der Waals surface area contributed by atoms with Crippen molar-refractivity contribution in [3.05, 3.63) is 72.3 Å². The van der Waals surface area contributed by atoms with Crippen molar-refractivity contribution in [1.29, 1.82) is 0 Å². The average molecular weight is 258 g/mol. The van der Waals surface area contributed by atoms with Crippen molar-refractivity contribution in [3.8, 4) is 0 Å². The molecule has 0 unspecified atom stereocenters. The molecule has 18 heavy (non-hydrogen) atoms. The van der Waals surface area contributed by atoms with E-state index in [-0.39, 0.29) is 0 Å². The molecule has 0 saturated carbocycles. The van der Waals surface area contributed by atoms with Crippen LogP contribution in [0.25, 0.3) is 4.91 Å². The van der Waals surface area contributed by atoms with Crippen LogP contribution in [0.1, 0.15) is 12.5 Å². The van der Waals surface area contributed by atoms with Crippen molar-refractivity contribution in [1.82, 2.24) is 0 Å². The van der Waals surface area contributed by atoms with Crippen LogP contribution < -0.4 is 0 Å². The molecule has 3 heteroatoms. The maximum Gasteiger partial charge on any atom is 0.206 e. The lowest BCUT2D eigenvalue weighted by Gasteiger charge is -2.08. The van der Waals surface area contributed by atoms with Crippen molar-refractivity contribution >= 4 is 14.7 Å². The molecule has 0 radical (unpaired) electrons. The molecule has 2 rings (SSSR count). The van der Waals surface area contributed by atoms with Gasteiger partial charge in [0.05, 0.1) is 9.80 Å². The largest absolute Gasteiger partial charge is 0.219 e. The molecule has 2 aromatic rings. The van der Waals surface area contributed by atoms with Crippen LogP contribution in [-0.4, -0.2) is 8.42 Å². The van der Waals surface area contributed by atoms with Gasteiger partial charge in [-0.2, -0.15) is 0 Å². The third kappa shape index (κ3) is 2.36. The summed E-state index contributed by atoms with van der Waals surface area (Å²) in [5.74, 6) is 0. The molecule has 0 N–H and O–H groups in total. The summed E-state index contributed by atoms with van der Waals surface area (Å²) in [6, 6.07) is 17.6. The van der Waals surface area contributed by atoms with Gasteiger partial charge in [-0.15, -0.1) is 0 Å². The van der Waals surface area contributed by atoms with E-state index in [1.54, 1.807) is 55.5 Å². The van der Waals surface area contributed by atoms with Crippen LogP contribution in [0.15, 0.2) is 71.6 Å². The average Bonchev–Trinajstić information content (AvgIpc) is 2.41. The number of benzene rings is 2. The zero-order valence-electron chi connectivity index (χ0n) is 10.1. The monoisotopic (exact) mass is 258 g/mol. The van der Waals surface area contributed by atoms with Crippen molar-refractivity contribution in [2.24, 2.45) is 0 Å². The maximum atomic E-state index is 12.5. The lowest BCUT2D eigenvalue weighted by molar-refractivity contribution is 0.606. The van der Waals surface area contributed by atoms with Crippen molar-refractivity contribution in [3.63, 3.8) is 0 Å². The van der Waals surface area contributed by atoms with Crippen LogP contribution in [0.3, 0.4) is 0 Å². The van der Waals surface area contributed by atoms with Crippen LogP contribution in [-0.2, 0) is 9.84 Å². The Labute approximate surface area is 108 Å². The van der Waals surface area contributed by atoms with E-state index in [0.717, 1.165) is 0 Å². The molecule has 2 aromatic carbocycles. The molecule has 0 fully saturated rings. The normalized spacial score (nSPS) is 12.4. The molecule has 0 spiro atoms. The molecule has 0 aliphatic rings. The Morgan fingerprint density at radius 1 is 0.889 bits per heavy atom. The van der Waals surface area contributed by atoms with E-state index in [4.69, 9.17) is 0 Å². The number of hydrogen-bond acceptors (Lipinski definition) is 2. The topological polar surface area (TPSA) is 34.1 Å². The second-order valence-electron chi connectivity index (χ2n) is 3.84. The minimum absolute atomic E-state index is 0.321. The van der Waals surface area contributed by atoms with Crippen LogP contribution in [0, 0.1) is 0 Å². The Bertz CT molecular complexity index is 641. The summed E-state index contributed by atoms with van der Waals surface area (Å²) in [7, 11) is -3.44. The lowest BCUT2D eigenvalue weighted by Crippen LogP contribution is -2.03. The summed E-state index contributed by atoms with van der Waals surface area (Å²) in [6.45, 7) is 1.74. The van der Waals surface area contributed by atoms with Crippen molar-refractivity contribution in [2.75, 3.05) is 0 Å². The summed E-state index contributed by atoms with van der Waals surface area (Å²) in [4.78, 5) is 0.663. The molecule has 0 amide bonds. The van der Waals surface area contributed by atoms with Crippen molar-refractivity contribution in [2.45, 2.75) is 11.8 Å². The van der Waals surface area contributed by atoms with Gasteiger partial charge in [-0.05, 0) is 24.6 Å². The molecule has 92 valence electrons. The highest BCUT2D eigenvalue weighted by molar-refractivity contribution is 8.00. The van der Waals surface area contributed by atoms with E-state index in [9.17, 15) is 8.42 Å². The van der Waals surface area contributed by atoms with Crippen LogP contribution >= 0.6 is 0 Å². The third-order valence-corrected chi connectivity index (χ3v) is 4.61. The molecule has 0 atom stereocenters. The fraction of sp³-hybridized carbons (Fsp3) is 0.0667. The van der Waals surface area contributed by atoms with Gasteiger partial charge in [-0.1, -0.05) is 54.6 Å². The zero-order valence-corrected chi connectivity index (χ0v) is 10.9. The minimum atomic E-state index is -3.44. The van der Waals surface area contributed by atoms with E-state index in [2.05, 4.69) is 0 Å². The van der Waals surface area contributed by atoms with Gasteiger partial charge in [0, 0.05) is 0 Å². The fourth-order valence-electron chi connectivity index (χ4n) is 1.81. The Kier molecular flexibility index (Phi) is 3.63. The van der Waals surface area contributed by atoms with E-state index in [1.807, 2.05) is 18.2 Å². The van der Waals surface area contributed by atoms with Crippen molar-refractivity contribution < 1.29 is 8.42 Å². The first-order valence-corrected chi connectivity index (χ1v) is 7.16. The highest BCUT2D eigenvalue weighted by Crippen LogP contribution is 2.27. The Morgan fingerprint density at radius 2 is 1.39 bits per heavy atom. The second-order valence-corrected chi connectivity index (χ2v) is 5.75. The summed E-state index contributed by atoms with van der Waals surface area (Å²) in [5, 5.41) is 0. The number of rotatable bonds is 3. The number of hydrogen-bond donors (Lipinski definition) is 0. The van der Waals surface area contributed by atoms with Gasteiger partial charge in [0.25, 0.3) is 0 Å². The Morgan fingerprint density at radius 3 is 1.89 bits per heavy atom. The van der Waals surface area contributed by atoms with E-state index in [1.165, 1.54) is 0 Å². The van der Waals surface area contributed by atoms with Gasteiger partial charge in [0.1, 0.15) is 0 Å². The van der Waals surface area contributed by atoms with Gasteiger partial charge in [0.15, 0.2) is 0 Å². The van der Waals surface area contributed by atoms with Crippen LogP contribution in [0.4, 0.5) is 0 Å². The van der Waals surface area contributed by atoms with Gasteiger partial charge in [0.2, 0.25) is 9.84 Å². The van der Waals surface area contributed by atoms with Crippen LogP contribution in [0.2, 0.25) is 0 Å². The zero-order chi connectivity index (χ0) is 13.0. The second kappa shape index (κ2) is 5.19. The smallest absolute Gasteiger partial charge is 0.206 e. The molecule has 0 saturated heterocycles. The molecule has 0 heterocycles. The molecular formula is C15H14O2S. The first kappa shape index (κ1) is 12.6. The number of allylic oxidation sites excluding steroid dienone is 1. The summed E-state index contributed by atoms with van der Waals surface area (Å²) < 4.78 is 25.0. The van der Waals surface area contributed by atoms with Crippen LogP contribution in [0.5, 0.6) is 0 Å². The minimum Gasteiger partial charge on any atom is -0.219 e. The molecule has 0 bridgehead atoms. The van der Waals surface area contributed by atoms with E-state index in [0.29, 0.717) is 15.4 Å². The Hall–Kier alpha value is -1.87. The summed E-state index contributed by atoms with van der Waals surface area (Å²) in [6.07, 6.45) is 1.64. The molecule has 2 nitrogen and oxygen atoms in total.